The predicted molar refractivity (Wildman–Crippen MR) is 145 cm³/mol. The fourth-order valence-corrected chi connectivity index (χ4v) is 4.14. The van der Waals surface area contributed by atoms with Gasteiger partial charge in [0.25, 0.3) is 5.91 Å². The third-order valence-corrected chi connectivity index (χ3v) is 5.76. The first-order chi connectivity index (χ1) is 16.7. The second kappa shape index (κ2) is 17.2. The molecule has 0 saturated carbocycles. The first kappa shape index (κ1) is 32.8. The van der Waals surface area contributed by atoms with Crippen LogP contribution < -0.4 is 4.74 Å². The van der Waals surface area contributed by atoms with Crippen molar-refractivity contribution in [1.29, 1.82) is 0 Å². The number of carbonyl (C=O) groups is 2. The maximum Gasteiger partial charge on any atom is 0.341 e. The number of unbranched alkanes of at least 4 members (excludes halogenated alkanes) is 1. The first-order valence-corrected chi connectivity index (χ1v) is 13.1. The second-order valence-corrected chi connectivity index (χ2v) is 8.29. The van der Waals surface area contributed by atoms with E-state index in [-0.39, 0.29) is 18.0 Å². The highest BCUT2D eigenvalue weighted by Gasteiger charge is 2.30. The SMILES string of the molecule is CC.CC.CC[C@@H](C)N(C(=O)c1c(Cl)c2cccc(OCC(=O)O)c2n1CCCCOC)C(C)C. The van der Waals surface area contributed by atoms with Crippen molar-refractivity contribution in [1.82, 2.24) is 9.47 Å². The molecular formula is C27H45ClN2O5. The normalized spacial score (nSPS) is 11.3. The monoisotopic (exact) mass is 512 g/mol. The zero-order chi connectivity index (χ0) is 27.1. The third-order valence-electron chi connectivity index (χ3n) is 5.37. The summed E-state index contributed by atoms with van der Waals surface area (Å²) >= 11 is 6.76. The van der Waals surface area contributed by atoms with Crippen molar-refractivity contribution < 1.29 is 24.2 Å². The van der Waals surface area contributed by atoms with Crippen molar-refractivity contribution >= 4 is 34.4 Å². The van der Waals surface area contributed by atoms with E-state index >= 15 is 0 Å². The van der Waals surface area contributed by atoms with Crippen LogP contribution in [0.25, 0.3) is 10.9 Å². The molecule has 1 N–H and O–H groups in total. The van der Waals surface area contributed by atoms with Crippen LogP contribution in [0.5, 0.6) is 5.75 Å². The van der Waals surface area contributed by atoms with E-state index in [2.05, 4.69) is 0 Å². The van der Waals surface area contributed by atoms with Crippen LogP contribution in [-0.2, 0) is 16.1 Å². The molecule has 1 atom stereocenters. The summed E-state index contributed by atoms with van der Waals surface area (Å²) < 4.78 is 12.6. The number of fused-ring (bicyclic) bond motifs is 1. The van der Waals surface area contributed by atoms with Crippen LogP contribution in [0.15, 0.2) is 18.2 Å². The topological polar surface area (TPSA) is 81.0 Å². The number of methoxy groups -OCH3 is 1. The molecule has 1 heterocycles. The van der Waals surface area contributed by atoms with Crippen LogP contribution in [0.3, 0.4) is 0 Å². The fourth-order valence-electron chi connectivity index (χ4n) is 3.80. The number of aliphatic carboxylic acids is 1. The molecule has 1 aromatic carbocycles. The molecule has 0 spiro atoms. The average molecular weight is 513 g/mol. The highest BCUT2D eigenvalue weighted by Crippen LogP contribution is 2.37. The fraction of sp³-hybridized carbons (Fsp3) is 0.630. The Kier molecular flexibility index (Phi) is 16.1. The molecule has 35 heavy (non-hydrogen) atoms. The Morgan fingerprint density at radius 2 is 1.74 bits per heavy atom. The number of hydrogen-bond acceptors (Lipinski definition) is 4. The quantitative estimate of drug-likeness (QED) is 0.313. The van der Waals surface area contributed by atoms with Crippen LogP contribution >= 0.6 is 11.6 Å². The predicted octanol–water partition coefficient (Wildman–Crippen LogP) is 6.89. The second-order valence-electron chi connectivity index (χ2n) is 7.91. The van der Waals surface area contributed by atoms with E-state index in [1.54, 1.807) is 19.2 Å². The molecule has 200 valence electrons. The van der Waals surface area contributed by atoms with Gasteiger partial charge in [0.05, 0.1) is 10.5 Å². The summed E-state index contributed by atoms with van der Waals surface area (Å²) in [6, 6.07) is 5.34. The van der Waals surface area contributed by atoms with E-state index in [9.17, 15) is 9.59 Å². The van der Waals surface area contributed by atoms with Crippen molar-refractivity contribution in [3.05, 3.63) is 28.9 Å². The van der Waals surface area contributed by atoms with Crippen molar-refractivity contribution in [3.8, 4) is 5.75 Å². The van der Waals surface area contributed by atoms with Gasteiger partial charge in [0.1, 0.15) is 11.4 Å². The van der Waals surface area contributed by atoms with Gasteiger partial charge >= 0.3 is 5.97 Å². The van der Waals surface area contributed by atoms with Crippen molar-refractivity contribution in [2.24, 2.45) is 0 Å². The van der Waals surface area contributed by atoms with Crippen LogP contribution in [0.4, 0.5) is 0 Å². The summed E-state index contributed by atoms with van der Waals surface area (Å²) in [5, 5.41) is 10.1. The summed E-state index contributed by atoms with van der Waals surface area (Å²) in [5.74, 6) is -0.811. The maximum absolute atomic E-state index is 13.7. The number of halogens is 1. The standard InChI is InChI=1S/C23H33ClN2O5.2C2H6/c1-6-16(4)26(15(2)3)23(29)22-20(24)17-10-9-11-18(31-14-19(27)28)21(17)25(22)12-7-8-13-30-5;2*1-2/h9-11,15-16H,6-8,12-14H2,1-5H3,(H,27,28);2*1-2H3/t16-;;/m1../s1. The van der Waals surface area contributed by atoms with Gasteiger partial charge in [0.2, 0.25) is 0 Å². The number of carboxylic acids is 1. The lowest BCUT2D eigenvalue weighted by Gasteiger charge is -2.33. The number of rotatable bonds is 12. The highest BCUT2D eigenvalue weighted by molar-refractivity contribution is 6.39. The molecule has 7 nitrogen and oxygen atoms in total. The number of ether oxygens (including phenoxy) is 2. The lowest BCUT2D eigenvalue weighted by molar-refractivity contribution is -0.139. The number of carboxylic acid groups (broad SMARTS) is 1. The molecule has 8 heteroatoms. The Labute approximate surface area is 216 Å². The van der Waals surface area contributed by atoms with Crippen LogP contribution in [-0.4, -0.2) is 58.9 Å². The van der Waals surface area contributed by atoms with Gasteiger partial charge < -0.3 is 24.0 Å². The summed E-state index contributed by atoms with van der Waals surface area (Å²) in [4.78, 5) is 26.6. The Morgan fingerprint density at radius 3 is 2.26 bits per heavy atom. The van der Waals surface area contributed by atoms with Gasteiger partial charge in [0.15, 0.2) is 6.61 Å². The molecule has 2 rings (SSSR count). The molecule has 2 aromatic rings. The highest BCUT2D eigenvalue weighted by atomic mass is 35.5. The molecule has 1 amide bonds. The lowest BCUT2D eigenvalue weighted by Crippen LogP contribution is -2.44. The third kappa shape index (κ3) is 8.73. The molecular weight excluding hydrogens is 468 g/mol. The number of nitrogens with zero attached hydrogens (tertiary/aromatic N) is 2. The molecule has 0 fully saturated rings. The number of carbonyl (C=O) groups excluding carboxylic acids is 1. The van der Waals surface area contributed by atoms with Gasteiger partial charge in [-0.25, -0.2) is 4.79 Å². The Hall–Kier alpha value is -2.25. The summed E-state index contributed by atoms with van der Waals surface area (Å²) in [7, 11) is 1.65. The Balaban J connectivity index is 0.00000274. The summed E-state index contributed by atoms with van der Waals surface area (Å²) in [5.41, 5.74) is 1.05. The zero-order valence-corrected chi connectivity index (χ0v) is 23.7. The van der Waals surface area contributed by atoms with Crippen molar-refractivity contribution in [3.63, 3.8) is 0 Å². The molecule has 0 radical (unpaired) electrons. The molecule has 0 aliphatic carbocycles. The van der Waals surface area contributed by atoms with Crippen molar-refractivity contribution in [2.45, 2.75) is 93.3 Å². The minimum absolute atomic E-state index is 0.00111. The maximum atomic E-state index is 13.7. The van der Waals surface area contributed by atoms with E-state index in [0.717, 1.165) is 19.3 Å². The summed E-state index contributed by atoms with van der Waals surface area (Å²) in [6.07, 6.45) is 2.41. The minimum atomic E-state index is -1.07. The molecule has 1 aromatic heterocycles. The number of aryl methyl sites for hydroxylation is 1. The number of benzene rings is 1. The molecule has 0 saturated heterocycles. The van der Waals surface area contributed by atoms with Gasteiger partial charge in [-0.2, -0.15) is 0 Å². The van der Waals surface area contributed by atoms with Crippen molar-refractivity contribution in [2.75, 3.05) is 20.3 Å². The van der Waals surface area contributed by atoms with Gasteiger partial charge in [-0.1, -0.05) is 58.4 Å². The Bertz CT molecular complexity index is 911. The number of para-hydroxylation sites is 1. The van der Waals surface area contributed by atoms with Gasteiger partial charge in [0, 0.05) is 37.7 Å². The van der Waals surface area contributed by atoms with E-state index in [1.165, 1.54) is 0 Å². The average Bonchev–Trinajstić information content (AvgIpc) is 3.14. The van der Waals surface area contributed by atoms with E-state index in [0.29, 0.717) is 40.5 Å². The van der Waals surface area contributed by atoms with E-state index in [1.807, 2.05) is 70.9 Å². The van der Waals surface area contributed by atoms with Gasteiger partial charge in [-0.3, -0.25) is 4.79 Å². The minimum Gasteiger partial charge on any atom is -0.480 e. The molecule has 0 bridgehead atoms. The van der Waals surface area contributed by atoms with Crippen LogP contribution in [0, 0.1) is 0 Å². The van der Waals surface area contributed by atoms with Gasteiger partial charge in [-0.05, 0) is 46.1 Å². The van der Waals surface area contributed by atoms with E-state index < -0.39 is 12.6 Å². The van der Waals surface area contributed by atoms with Gasteiger partial charge in [-0.15, -0.1) is 0 Å². The Morgan fingerprint density at radius 1 is 1.11 bits per heavy atom. The smallest absolute Gasteiger partial charge is 0.341 e. The van der Waals surface area contributed by atoms with E-state index in [4.69, 9.17) is 26.2 Å². The molecule has 0 unspecified atom stereocenters. The number of aromatic nitrogens is 1. The first-order valence-electron chi connectivity index (χ1n) is 12.7. The van der Waals surface area contributed by atoms with Crippen LogP contribution in [0.1, 0.15) is 85.1 Å². The van der Waals surface area contributed by atoms with Crippen LogP contribution in [0.2, 0.25) is 5.02 Å². The zero-order valence-electron chi connectivity index (χ0n) is 23.0. The largest absolute Gasteiger partial charge is 0.480 e. The number of hydrogen-bond donors (Lipinski definition) is 1. The number of amides is 1. The molecule has 0 aliphatic heterocycles. The summed E-state index contributed by atoms with van der Waals surface area (Å²) in [6.45, 7) is 16.7. The lowest BCUT2D eigenvalue weighted by atomic mass is 10.1. The molecule has 0 aliphatic rings.